The summed E-state index contributed by atoms with van der Waals surface area (Å²) in [5, 5.41) is 17.3. The van der Waals surface area contributed by atoms with Gasteiger partial charge in [-0.25, -0.2) is 0 Å². The quantitative estimate of drug-likeness (QED) is 0.561. The number of fused-ring (bicyclic) bond motifs is 1. The van der Waals surface area contributed by atoms with Gasteiger partial charge in [-0.1, -0.05) is 6.07 Å². The molecule has 0 fully saturated rings. The van der Waals surface area contributed by atoms with E-state index < -0.39 is 0 Å². The maximum atomic E-state index is 9.33. The van der Waals surface area contributed by atoms with Gasteiger partial charge in [-0.05, 0) is 24.3 Å². The first-order valence-corrected chi connectivity index (χ1v) is 3.63. The lowest BCUT2D eigenvalue weighted by atomic mass is 10.1. The van der Waals surface area contributed by atoms with Crippen molar-refractivity contribution in [3.05, 3.63) is 41.9 Å². The molecular weight excluding hydrogens is 152 g/mol. The van der Waals surface area contributed by atoms with Gasteiger partial charge in [0, 0.05) is 11.8 Å². The van der Waals surface area contributed by atoms with Crippen molar-refractivity contribution in [2.45, 2.75) is 0 Å². The molecule has 1 aliphatic heterocycles. The van der Waals surface area contributed by atoms with Crippen LogP contribution in [0.4, 0.5) is 0 Å². The zero-order chi connectivity index (χ0) is 8.55. The smallest absolute Gasteiger partial charge is 0.0886 e. The molecule has 2 aliphatic rings. The molecule has 12 heavy (non-hydrogen) atoms. The first-order chi connectivity index (χ1) is 5.79. The SMILES string of the molecule is N=c1cccc2n(O)cccc1-2. The van der Waals surface area contributed by atoms with E-state index in [1.807, 2.05) is 6.07 Å². The van der Waals surface area contributed by atoms with Crippen LogP contribution in [0, 0.1) is 5.41 Å². The molecule has 0 aromatic rings. The first kappa shape index (κ1) is 6.91. The summed E-state index contributed by atoms with van der Waals surface area (Å²) in [4.78, 5) is 0. The Balaban J connectivity index is 2.91. The summed E-state index contributed by atoms with van der Waals surface area (Å²) in [6.07, 6.45) is 1.54. The molecule has 1 aliphatic carbocycles. The van der Waals surface area contributed by atoms with Gasteiger partial charge in [-0.2, -0.15) is 4.73 Å². The standard InChI is InChI=1S/C9H8N2O/c10-8-4-1-5-9-7(8)3-2-6-11(9)12/h1-6,10,12H. The van der Waals surface area contributed by atoms with Crippen molar-refractivity contribution in [1.29, 1.82) is 5.41 Å². The van der Waals surface area contributed by atoms with Gasteiger partial charge >= 0.3 is 0 Å². The first-order valence-electron chi connectivity index (χ1n) is 3.63. The molecule has 60 valence electrons. The molecule has 0 radical (unpaired) electrons. The third kappa shape index (κ3) is 0.871. The van der Waals surface area contributed by atoms with Crippen LogP contribution in [0.5, 0.6) is 0 Å². The van der Waals surface area contributed by atoms with E-state index in [0.29, 0.717) is 11.1 Å². The molecule has 0 atom stereocenters. The summed E-state index contributed by atoms with van der Waals surface area (Å²) in [6, 6.07) is 8.73. The summed E-state index contributed by atoms with van der Waals surface area (Å²) in [6.45, 7) is 0. The average molecular weight is 160 g/mol. The van der Waals surface area contributed by atoms with E-state index in [9.17, 15) is 5.21 Å². The highest BCUT2D eigenvalue weighted by atomic mass is 16.5. The maximum absolute atomic E-state index is 9.33. The van der Waals surface area contributed by atoms with Crippen LogP contribution in [-0.2, 0) is 0 Å². The molecule has 0 saturated carbocycles. The van der Waals surface area contributed by atoms with Gasteiger partial charge in [0.25, 0.3) is 0 Å². The van der Waals surface area contributed by atoms with E-state index in [1.54, 1.807) is 30.5 Å². The van der Waals surface area contributed by atoms with E-state index in [-0.39, 0.29) is 0 Å². The third-order valence-corrected chi connectivity index (χ3v) is 1.82. The molecule has 3 heteroatoms. The number of nitrogens with zero attached hydrogens (tertiary/aromatic N) is 1. The Morgan fingerprint density at radius 3 is 2.75 bits per heavy atom. The van der Waals surface area contributed by atoms with E-state index in [4.69, 9.17) is 5.41 Å². The largest absolute Gasteiger partial charge is 0.428 e. The van der Waals surface area contributed by atoms with Gasteiger partial charge in [-0.15, -0.1) is 0 Å². The van der Waals surface area contributed by atoms with Crippen LogP contribution in [0.1, 0.15) is 0 Å². The topological polar surface area (TPSA) is 49.0 Å². The van der Waals surface area contributed by atoms with Crippen LogP contribution in [0.2, 0.25) is 0 Å². The van der Waals surface area contributed by atoms with Gasteiger partial charge in [-0.3, -0.25) is 0 Å². The number of hydrogen-bond donors (Lipinski definition) is 2. The normalized spacial score (nSPS) is 10.3. The van der Waals surface area contributed by atoms with Crippen LogP contribution in [-0.4, -0.2) is 9.94 Å². The second kappa shape index (κ2) is 2.37. The number of benzene rings is 1. The van der Waals surface area contributed by atoms with E-state index in [2.05, 4.69) is 0 Å². The van der Waals surface area contributed by atoms with Crippen molar-refractivity contribution in [1.82, 2.24) is 4.73 Å². The van der Waals surface area contributed by atoms with E-state index >= 15 is 0 Å². The van der Waals surface area contributed by atoms with Crippen molar-refractivity contribution in [2.24, 2.45) is 0 Å². The van der Waals surface area contributed by atoms with Crippen molar-refractivity contribution < 1.29 is 5.21 Å². The molecule has 0 saturated heterocycles. The summed E-state index contributed by atoms with van der Waals surface area (Å²) < 4.78 is 1.02. The molecule has 1 heterocycles. The van der Waals surface area contributed by atoms with E-state index in [0.717, 1.165) is 10.3 Å². The summed E-state index contributed by atoms with van der Waals surface area (Å²) in [7, 11) is 0. The highest BCUT2D eigenvalue weighted by Crippen LogP contribution is 2.14. The highest BCUT2D eigenvalue weighted by molar-refractivity contribution is 5.59. The zero-order valence-corrected chi connectivity index (χ0v) is 6.36. The van der Waals surface area contributed by atoms with Gasteiger partial charge in [0.2, 0.25) is 0 Å². The fourth-order valence-electron chi connectivity index (χ4n) is 1.23. The fourth-order valence-corrected chi connectivity index (χ4v) is 1.23. The lowest BCUT2D eigenvalue weighted by Crippen LogP contribution is -2.08. The molecule has 0 spiro atoms. The Hall–Kier alpha value is -1.77. The fraction of sp³-hybridized carbons (Fsp3) is 0. The minimum Gasteiger partial charge on any atom is -0.428 e. The maximum Gasteiger partial charge on any atom is 0.0886 e. The number of rotatable bonds is 0. The van der Waals surface area contributed by atoms with Crippen molar-refractivity contribution in [3.8, 4) is 11.3 Å². The summed E-state index contributed by atoms with van der Waals surface area (Å²) >= 11 is 0. The van der Waals surface area contributed by atoms with Crippen LogP contribution >= 0.6 is 0 Å². The Bertz CT molecular complexity index is 433. The second-order valence-corrected chi connectivity index (χ2v) is 2.59. The molecule has 2 rings (SSSR count). The Labute approximate surface area is 69.3 Å². The second-order valence-electron chi connectivity index (χ2n) is 2.59. The highest BCUT2D eigenvalue weighted by Gasteiger charge is 2.04. The predicted octanol–water partition coefficient (Wildman–Crippen LogP) is 1.31. The van der Waals surface area contributed by atoms with Crippen LogP contribution < -0.4 is 5.36 Å². The minimum absolute atomic E-state index is 0.427. The zero-order valence-electron chi connectivity index (χ0n) is 6.36. The molecule has 0 amide bonds. The van der Waals surface area contributed by atoms with Crippen LogP contribution in [0.3, 0.4) is 0 Å². The number of pyridine rings is 1. The van der Waals surface area contributed by atoms with Gasteiger partial charge in [0.15, 0.2) is 0 Å². The van der Waals surface area contributed by atoms with Crippen molar-refractivity contribution in [3.63, 3.8) is 0 Å². The van der Waals surface area contributed by atoms with Gasteiger partial charge in [0.05, 0.1) is 11.1 Å². The Kier molecular flexibility index (Phi) is 1.37. The molecule has 0 bridgehead atoms. The van der Waals surface area contributed by atoms with Crippen LogP contribution in [0.15, 0.2) is 36.5 Å². The predicted molar refractivity (Wildman–Crippen MR) is 44.1 cm³/mol. The van der Waals surface area contributed by atoms with Gasteiger partial charge in [0.1, 0.15) is 0 Å². The van der Waals surface area contributed by atoms with Crippen LogP contribution in [0.25, 0.3) is 11.3 Å². The molecule has 0 aromatic heterocycles. The number of aromatic nitrogens is 1. The van der Waals surface area contributed by atoms with Gasteiger partial charge < -0.3 is 10.6 Å². The lowest BCUT2D eigenvalue weighted by molar-refractivity contribution is 0.189. The van der Waals surface area contributed by atoms with E-state index in [1.165, 1.54) is 0 Å². The van der Waals surface area contributed by atoms with Crippen molar-refractivity contribution in [2.75, 3.05) is 0 Å². The minimum atomic E-state index is 0.427. The molecule has 2 N–H and O–H groups in total. The number of nitrogens with one attached hydrogen (secondary N) is 1. The molecular formula is C9H8N2O. The average Bonchev–Trinajstić information content (AvgIpc) is 2.07. The number of hydrogen-bond acceptors (Lipinski definition) is 2. The van der Waals surface area contributed by atoms with Crippen molar-refractivity contribution >= 4 is 0 Å². The summed E-state index contributed by atoms with van der Waals surface area (Å²) in [5.41, 5.74) is 1.41. The third-order valence-electron chi connectivity index (χ3n) is 1.82. The monoisotopic (exact) mass is 160 g/mol. The summed E-state index contributed by atoms with van der Waals surface area (Å²) in [5.74, 6) is 0. The molecule has 0 unspecified atom stereocenters. The molecule has 0 aromatic carbocycles. The Morgan fingerprint density at radius 1 is 1.17 bits per heavy atom. The lowest BCUT2D eigenvalue weighted by Gasteiger charge is -2.07. The molecule has 3 nitrogen and oxygen atoms in total. The Morgan fingerprint density at radius 2 is 2.00 bits per heavy atom.